The average Bonchev–Trinajstić information content (AvgIpc) is 3.07. The maximum Gasteiger partial charge on any atom is 0.166 e. The van der Waals surface area contributed by atoms with Crippen molar-refractivity contribution in [1.82, 2.24) is 4.90 Å². The van der Waals surface area contributed by atoms with E-state index in [0.717, 1.165) is 30.4 Å². The number of piperidine rings is 2. The number of halogens is 2. The van der Waals surface area contributed by atoms with Crippen molar-refractivity contribution in [3.63, 3.8) is 0 Å². The molecule has 0 saturated carbocycles. The van der Waals surface area contributed by atoms with Crippen LogP contribution in [0.4, 0.5) is 8.78 Å². The van der Waals surface area contributed by atoms with Gasteiger partial charge in [0.1, 0.15) is 11.5 Å². The van der Waals surface area contributed by atoms with Crippen LogP contribution in [0.1, 0.15) is 60.0 Å². The average molecular weight is 456 g/mol. The largest absolute Gasteiger partial charge is 0.493 e. The zero-order chi connectivity index (χ0) is 23.2. The molecule has 2 heterocycles. The van der Waals surface area contributed by atoms with Crippen LogP contribution in [-0.4, -0.2) is 42.7 Å². The second-order valence-corrected chi connectivity index (χ2v) is 9.93. The molecule has 2 saturated heterocycles. The third-order valence-corrected chi connectivity index (χ3v) is 7.79. The van der Waals surface area contributed by atoms with Crippen LogP contribution in [0.3, 0.4) is 0 Å². The van der Waals surface area contributed by atoms with E-state index in [1.54, 1.807) is 32.4 Å². The molecule has 2 aromatic rings. The number of rotatable bonds is 6. The van der Waals surface area contributed by atoms with E-state index in [9.17, 15) is 9.18 Å². The summed E-state index contributed by atoms with van der Waals surface area (Å²) in [5, 5.41) is 0. The molecule has 0 aromatic heterocycles. The second-order valence-electron chi connectivity index (χ2n) is 9.93. The number of carbonyl (C=O) groups is 1. The molecule has 3 unspecified atom stereocenters. The molecule has 4 nitrogen and oxygen atoms in total. The Morgan fingerprint density at radius 2 is 1.76 bits per heavy atom. The van der Waals surface area contributed by atoms with Crippen molar-refractivity contribution in [3.8, 4) is 11.5 Å². The van der Waals surface area contributed by atoms with E-state index in [1.165, 1.54) is 6.07 Å². The van der Waals surface area contributed by atoms with Gasteiger partial charge in [0.25, 0.3) is 0 Å². The molecule has 2 bridgehead atoms. The minimum atomic E-state index is -1.36. The Bertz CT molecular complexity index is 1040. The number of nitrogens with zero attached hydrogens (tertiary/aromatic N) is 1. The van der Waals surface area contributed by atoms with Gasteiger partial charge < -0.3 is 9.47 Å². The lowest BCUT2D eigenvalue weighted by Crippen LogP contribution is -2.56. The van der Waals surface area contributed by atoms with Crippen molar-refractivity contribution in [2.75, 3.05) is 14.2 Å². The first kappa shape index (κ1) is 22.3. The summed E-state index contributed by atoms with van der Waals surface area (Å²) in [5.41, 5.74) is 1.12. The lowest BCUT2D eigenvalue weighted by atomic mass is 9.72. The highest BCUT2D eigenvalue weighted by atomic mass is 19.1. The van der Waals surface area contributed by atoms with Crippen molar-refractivity contribution >= 4 is 5.78 Å². The Morgan fingerprint density at radius 3 is 2.42 bits per heavy atom. The van der Waals surface area contributed by atoms with Gasteiger partial charge in [-0.05, 0) is 73.9 Å². The normalized spacial score (nSPS) is 29.1. The zero-order valence-corrected chi connectivity index (χ0v) is 19.3. The first-order valence-electron chi connectivity index (χ1n) is 11.9. The molecule has 2 aromatic carbocycles. The maximum absolute atomic E-state index is 16.3. The summed E-state index contributed by atoms with van der Waals surface area (Å²) >= 11 is 0. The molecule has 6 heteroatoms. The fraction of sp³-hybridized carbons (Fsp3) is 0.519. The fourth-order valence-corrected chi connectivity index (χ4v) is 6.36. The predicted molar refractivity (Wildman–Crippen MR) is 122 cm³/mol. The number of ketones is 1. The van der Waals surface area contributed by atoms with E-state index in [4.69, 9.17) is 9.47 Å². The molecule has 176 valence electrons. The van der Waals surface area contributed by atoms with Crippen LogP contribution in [0, 0.1) is 11.7 Å². The van der Waals surface area contributed by atoms with Gasteiger partial charge in [0.15, 0.2) is 17.3 Å². The predicted octanol–water partition coefficient (Wildman–Crippen LogP) is 5.51. The standard InChI is InChI=1S/C27H31F2NO3/c1-32-24-11-18-10-19(26(31)23(18)12-25(24)33-2)13-27(29)14-21-7-4-8-22(15-27)30(21)16-17-5-3-6-20(28)9-17/h3,5-6,9,11-12,19,21-22H,4,7-8,10,13-16H2,1-2H3. The summed E-state index contributed by atoms with van der Waals surface area (Å²) < 4.78 is 40.7. The van der Waals surface area contributed by atoms with E-state index in [-0.39, 0.29) is 36.0 Å². The van der Waals surface area contributed by atoms with E-state index in [2.05, 4.69) is 4.90 Å². The Hall–Kier alpha value is -2.47. The lowest BCUT2D eigenvalue weighted by molar-refractivity contribution is -0.0599. The Morgan fingerprint density at radius 1 is 1.06 bits per heavy atom. The van der Waals surface area contributed by atoms with Gasteiger partial charge in [-0.15, -0.1) is 0 Å². The zero-order valence-electron chi connectivity index (χ0n) is 19.3. The fourth-order valence-electron chi connectivity index (χ4n) is 6.36. The van der Waals surface area contributed by atoms with Gasteiger partial charge in [-0.25, -0.2) is 8.78 Å². The van der Waals surface area contributed by atoms with Gasteiger partial charge in [-0.2, -0.15) is 0 Å². The molecule has 0 spiro atoms. The van der Waals surface area contributed by atoms with Gasteiger partial charge in [-0.1, -0.05) is 18.6 Å². The van der Waals surface area contributed by atoms with Crippen LogP contribution in [0.15, 0.2) is 36.4 Å². The summed E-state index contributed by atoms with van der Waals surface area (Å²) in [4.78, 5) is 15.5. The summed E-state index contributed by atoms with van der Waals surface area (Å²) in [7, 11) is 3.12. The van der Waals surface area contributed by atoms with Crippen molar-refractivity contribution in [2.24, 2.45) is 5.92 Å². The number of carbonyl (C=O) groups excluding carboxylic acids is 1. The highest BCUT2D eigenvalue weighted by Gasteiger charge is 2.49. The monoisotopic (exact) mass is 455 g/mol. The Balaban J connectivity index is 1.31. The third kappa shape index (κ3) is 4.25. The smallest absolute Gasteiger partial charge is 0.166 e. The number of alkyl halides is 1. The first-order valence-corrected chi connectivity index (χ1v) is 11.9. The maximum atomic E-state index is 16.3. The number of ether oxygens (including phenoxy) is 2. The third-order valence-electron chi connectivity index (χ3n) is 7.79. The second kappa shape index (κ2) is 8.71. The van der Waals surface area contributed by atoms with E-state index < -0.39 is 5.67 Å². The van der Waals surface area contributed by atoms with Crippen LogP contribution >= 0.6 is 0 Å². The molecule has 5 rings (SSSR count). The molecular weight excluding hydrogens is 424 g/mol. The summed E-state index contributed by atoms with van der Waals surface area (Å²) in [6.07, 6.45) is 4.67. The number of hydrogen-bond donors (Lipinski definition) is 0. The molecule has 2 fully saturated rings. The van der Waals surface area contributed by atoms with Crippen LogP contribution in [0.25, 0.3) is 0 Å². The van der Waals surface area contributed by atoms with Crippen molar-refractivity contribution in [1.29, 1.82) is 0 Å². The first-order chi connectivity index (χ1) is 15.9. The molecular formula is C27H31F2NO3. The van der Waals surface area contributed by atoms with Crippen molar-refractivity contribution in [2.45, 2.75) is 69.2 Å². The SMILES string of the molecule is COc1cc2c(cc1OC)C(=O)C(CC1(F)CC3CCCC(C1)N3Cc1cccc(F)c1)C2. The Labute approximate surface area is 193 Å². The van der Waals surface area contributed by atoms with Crippen LogP contribution in [0.5, 0.6) is 11.5 Å². The number of methoxy groups -OCH3 is 2. The molecule has 3 atom stereocenters. The molecule has 0 radical (unpaired) electrons. The number of fused-ring (bicyclic) bond motifs is 3. The highest BCUT2D eigenvalue weighted by molar-refractivity contribution is 6.03. The van der Waals surface area contributed by atoms with E-state index >= 15 is 4.39 Å². The topological polar surface area (TPSA) is 38.8 Å². The lowest BCUT2D eigenvalue weighted by Gasteiger charge is -2.51. The van der Waals surface area contributed by atoms with Crippen LogP contribution in [-0.2, 0) is 13.0 Å². The highest BCUT2D eigenvalue weighted by Crippen LogP contribution is 2.47. The van der Waals surface area contributed by atoms with Crippen molar-refractivity contribution in [3.05, 3.63) is 58.9 Å². The molecule has 0 amide bonds. The minimum absolute atomic E-state index is 0.00956. The summed E-state index contributed by atoms with van der Waals surface area (Å²) in [6.45, 7) is 0.649. The minimum Gasteiger partial charge on any atom is -0.493 e. The van der Waals surface area contributed by atoms with Gasteiger partial charge in [-0.3, -0.25) is 9.69 Å². The molecule has 3 aliphatic rings. The summed E-state index contributed by atoms with van der Waals surface area (Å²) in [5.74, 6) is 0.551. The van der Waals surface area contributed by atoms with Crippen LogP contribution < -0.4 is 9.47 Å². The molecule has 33 heavy (non-hydrogen) atoms. The quantitative estimate of drug-likeness (QED) is 0.576. The molecule has 2 aliphatic heterocycles. The number of hydrogen-bond acceptors (Lipinski definition) is 4. The van der Waals surface area contributed by atoms with E-state index in [1.807, 2.05) is 12.1 Å². The van der Waals surface area contributed by atoms with Gasteiger partial charge in [0.05, 0.1) is 14.2 Å². The van der Waals surface area contributed by atoms with Crippen molar-refractivity contribution < 1.29 is 23.0 Å². The van der Waals surface area contributed by atoms with Gasteiger partial charge in [0, 0.05) is 30.1 Å². The molecule has 1 aliphatic carbocycles. The molecule has 0 N–H and O–H groups in total. The number of Topliss-reactive ketones (excluding diaryl/α,β-unsaturated/α-hetero) is 1. The number of benzene rings is 2. The van der Waals surface area contributed by atoms with E-state index in [0.29, 0.717) is 42.9 Å². The summed E-state index contributed by atoms with van der Waals surface area (Å²) in [6, 6.07) is 10.5. The van der Waals surface area contributed by atoms with Crippen LogP contribution in [0.2, 0.25) is 0 Å². The van der Waals surface area contributed by atoms with Gasteiger partial charge >= 0.3 is 0 Å². The Kier molecular flexibility index (Phi) is 5.89. The van der Waals surface area contributed by atoms with Gasteiger partial charge in [0.2, 0.25) is 0 Å².